The van der Waals surface area contributed by atoms with Gasteiger partial charge in [-0.1, -0.05) is 31.9 Å². The van der Waals surface area contributed by atoms with Gasteiger partial charge in [-0.3, -0.25) is 9.69 Å². The monoisotopic (exact) mass is 516 g/mol. The number of rotatable bonds is 9. The summed E-state index contributed by atoms with van der Waals surface area (Å²) in [5.74, 6) is 3.00. The van der Waals surface area contributed by atoms with Crippen LogP contribution in [-0.2, 0) is 13.1 Å². The van der Waals surface area contributed by atoms with Crippen LogP contribution in [0.25, 0.3) is 10.9 Å². The predicted octanol–water partition coefficient (Wildman–Crippen LogP) is 4.52. The minimum Gasteiger partial charge on any atom is -0.497 e. The molecule has 2 aromatic heterocycles. The topological polar surface area (TPSA) is 107 Å². The molecule has 0 amide bonds. The lowest BCUT2D eigenvalue weighted by Crippen LogP contribution is -2.32. The predicted molar refractivity (Wildman–Crippen MR) is 141 cm³/mol. The number of hydrogen-bond acceptors (Lipinski definition) is 8. The Labute approximate surface area is 220 Å². The number of pyridine rings is 1. The van der Waals surface area contributed by atoms with Crippen molar-refractivity contribution in [3.05, 3.63) is 69.8 Å². The van der Waals surface area contributed by atoms with Crippen LogP contribution in [0.3, 0.4) is 0 Å². The van der Waals surface area contributed by atoms with E-state index in [1.807, 2.05) is 35.0 Å². The van der Waals surface area contributed by atoms with Crippen LogP contribution in [-0.4, -0.2) is 44.0 Å². The van der Waals surface area contributed by atoms with E-state index in [4.69, 9.17) is 14.2 Å². The molecule has 0 radical (unpaired) electrons. The largest absolute Gasteiger partial charge is 0.497 e. The van der Waals surface area contributed by atoms with E-state index in [1.165, 1.54) is 12.8 Å². The lowest BCUT2D eigenvalue weighted by Gasteiger charge is -2.31. The highest BCUT2D eigenvalue weighted by atomic mass is 16.7. The van der Waals surface area contributed by atoms with Gasteiger partial charge >= 0.3 is 0 Å². The number of nitrogens with one attached hydrogen (secondary N) is 1. The summed E-state index contributed by atoms with van der Waals surface area (Å²) in [7, 11) is 1.66. The third-order valence-corrected chi connectivity index (χ3v) is 7.65. The molecule has 0 bridgehead atoms. The second-order valence-electron chi connectivity index (χ2n) is 10.0. The van der Waals surface area contributed by atoms with Crippen molar-refractivity contribution in [3.63, 3.8) is 0 Å². The van der Waals surface area contributed by atoms with E-state index in [0.29, 0.717) is 36.2 Å². The van der Waals surface area contributed by atoms with E-state index in [2.05, 4.69) is 44.5 Å². The van der Waals surface area contributed by atoms with Crippen molar-refractivity contribution in [1.29, 1.82) is 0 Å². The summed E-state index contributed by atoms with van der Waals surface area (Å²) in [5, 5.41) is 13.9. The van der Waals surface area contributed by atoms with E-state index in [9.17, 15) is 4.79 Å². The van der Waals surface area contributed by atoms with Crippen LogP contribution in [0.15, 0.2) is 47.3 Å². The zero-order valence-electron chi connectivity index (χ0n) is 21.7. The van der Waals surface area contributed by atoms with Gasteiger partial charge in [0.2, 0.25) is 6.79 Å². The number of ether oxygens (including phenoxy) is 3. The number of benzene rings is 2. The molecule has 0 spiro atoms. The molecule has 3 heterocycles. The molecule has 1 saturated carbocycles. The number of fused-ring (bicyclic) bond motifs is 2. The van der Waals surface area contributed by atoms with Gasteiger partial charge in [0.1, 0.15) is 5.75 Å². The van der Waals surface area contributed by atoms with E-state index >= 15 is 0 Å². The number of aromatic nitrogens is 5. The molecule has 1 aliphatic carbocycles. The zero-order chi connectivity index (χ0) is 26.1. The number of H-pyrrole nitrogens is 1. The molecule has 6 rings (SSSR count). The maximum Gasteiger partial charge on any atom is 0.252 e. The second-order valence-corrected chi connectivity index (χ2v) is 10.0. The van der Waals surface area contributed by atoms with Crippen molar-refractivity contribution in [2.24, 2.45) is 0 Å². The Morgan fingerprint density at radius 3 is 2.61 bits per heavy atom. The summed E-state index contributed by atoms with van der Waals surface area (Å²) in [6, 6.07) is 14.0. The first-order chi connectivity index (χ1) is 18.6. The Morgan fingerprint density at radius 1 is 1.11 bits per heavy atom. The summed E-state index contributed by atoms with van der Waals surface area (Å²) < 4.78 is 18.4. The van der Waals surface area contributed by atoms with Crippen molar-refractivity contribution in [3.8, 4) is 17.2 Å². The van der Waals surface area contributed by atoms with Crippen LogP contribution < -0.4 is 19.8 Å². The van der Waals surface area contributed by atoms with Gasteiger partial charge in [-0.15, -0.1) is 5.10 Å². The Bertz CT molecular complexity index is 1480. The fourth-order valence-corrected chi connectivity index (χ4v) is 5.65. The molecule has 10 nitrogen and oxygen atoms in total. The molecule has 10 heteroatoms. The molecule has 4 aromatic rings. The zero-order valence-corrected chi connectivity index (χ0v) is 21.7. The van der Waals surface area contributed by atoms with Gasteiger partial charge in [-0.25, -0.2) is 4.68 Å². The molecule has 1 N–H and O–H groups in total. The SMILES string of the molecule is CCC(c1nnnn1C1CCCC1)N(Cc1ccc(OC)cc1)Cc1cc2cc3c(cc2[nH]c1=O)OCO3. The quantitative estimate of drug-likeness (QED) is 0.346. The van der Waals surface area contributed by atoms with E-state index in [-0.39, 0.29) is 18.4 Å². The molecule has 1 fully saturated rings. The molecule has 2 aliphatic rings. The Morgan fingerprint density at radius 2 is 1.87 bits per heavy atom. The first-order valence-electron chi connectivity index (χ1n) is 13.2. The Hall–Kier alpha value is -3.92. The summed E-state index contributed by atoms with van der Waals surface area (Å²) in [6.07, 6.45) is 5.37. The fourth-order valence-electron chi connectivity index (χ4n) is 5.65. The highest BCUT2D eigenvalue weighted by Crippen LogP contribution is 2.36. The van der Waals surface area contributed by atoms with Crippen molar-refractivity contribution in [2.45, 2.75) is 64.2 Å². The summed E-state index contributed by atoms with van der Waals surface area (Å²) in [6.45, 7) is 3.39. The fraction of sp³-hybridized carbons (Fsp3) is 0.429. The third-order valence-electron chi connectivity index (χ3n) is 7.65. The van der Waals surface area contributed by atoms with Crippen LogP contribution in [0.2, 0.25) is 0 Å². The summed E-state index contributed by atoms with van der Waals surface area (Å²) in [4.78, 5) is 18.6. The van der Waals surface area contributed by atoms with Gasteiger partial charge in [0.15, 0.2) is 17.3 Å². The smallest absolute Gasteiger partial charge is 0.252 e. The van der Waals surface area contributed by atoms with Crippen LogP contribution in [0, 0.1) is 0 Å². The van der Waals surface area contributed by atoms with Gasteiger partial charge < -0.3 is 19.2 Å². The summed E-state index contributed by atoms with van der Waals surface area (Å²) >= 11 is 0. The molecule has 1 aliphatic heterocycles. The van der Waals surface area contributed by atoms with Crippen molar-refractivity contribution in [1.82, 2.24) is 30.1 Å². The highest BCUT2D eigenvalue weighted by Gasteiger charge is 2.30. The maximum atomic E-state index is 13.3. The minimum atomic E-state index is -0.124. The van der Waals surface area contributed by atoms with Gasteiger partial charge in [-0.2, -0.15) is 0 Å². The van der Waals surface area contributed by atoms with E-state index in [1.54, 1.807) is 7.11 Å². The lowest BCUT2D eigenvalue weighted by atomic mass is 10.1. The average Bonchev–Trinajstić information content (AvgIpc) is 3.71. The van der Waals surface area contributed by atoms with Crippen LogP contribution in [0.5, 0.6) is 17.2 Å². The van der Waals surface area contributed by atoms with Crippen LogP contribution in [0.1, 0.15) is 68.1 Å². The van der Waals surface area contributed by atoms with Gasteiger partial charge in [0.05, 0.1) is 24.7 Å². The normalized spacial score (nSPS) is 16.0. The standard InChI is InChI=1S/C28H32N6O4/c1-3-24(27-30-31-32-34(27)21-6-4-5-7-21)33(15-18-8-10-22(36-2)11-9-18)16-20-12-19-13-25-26(38-17-37-25)14-23(19)29-28(20)35/h8-14,21,24H,3-7,15-17H2,1-2H3,(H,29,35). The lowest BCUT2D eigenvalue weighted by molar-refractivity contribution is 0.158. The van der Waals surface area contributed by atoms with Crippen LogP contribution in [0.4, 0.5) is 0 Å². The Balaban J connectivity index is 1.37. The number of hydrogen-bond donors (Lipinski definition) is 1. The number of nitrogens with zero attached hydrogens (tertiary/aromatic N) is 5. The second kappa shape index (κ2) is 10.4. The van der Waals surface area contributed by atoms with Gasteiger partial charge in [0.25, 0.3) is 5.56 Å². The average molecular weight is 517 g/mol. The van der Waals surface area contributed by atoms with E-state index < -0.39 is 0 Å². The molecule has 198 valence electrons. The van der Waals surface area contributed by atoms with E-state index in [0.717, 1.165) is 47.3 Å². The molecule has 1 atom stereocenters. The molecular weight excluding hydrogens is 484 g/mol. The first kappa shape index (κ1) is 24.4. The van der Waals surface area contributed by atoms with Gasteiger partial charge in [-0.05, 0) is 59.5 Å². The molecule has 38 heavy (non-hydrogen) atoms. The number of aromatic amines is 1. The summed E-state index contributed by atoms with van der Waals surface area (Å²) in [5.41, 5.74) is 2.39. The molecular formula is C28H32N6O4. The third kappa shape index (κ3) is 4.71. The molecule has 2 aromatic carbocycles. The van der Waals surface area contributed by atoms with Gasteiger partial charge in [0, 0.05) is 30.1 Å². The molecule has 0 saturated heterocycles. The van der Waals surface area contributed by atoms with Crippen molar-refractivity contribution in [2.75, 3.05) is 13.9 Å². The van der Waals surface area contributed by atoms with Crippen molar-refractivity contribution < 1.29 is 14.2 Å². The van der Waals surface area contributed by atoms with Crippen molar-refractivity contribution >= 4 is 10.9 Å². The highest BCUT2D eigenvalue weighted by molar-refractivity contribution is 5.83. The maximum absolute atomic E-state index is 13.3. The molecule has 1 unspecified atom stereocenters. The number of methoxy groups -OCH3 is 1. The first-order valence-corrected chi connectivity index (χ1v) is 13.2. The Kier molecular flexibility index (Phi) is 6.71. The minimum absolute atomic E-state index is 0.0699. The number of tetrazole rings is 1. The van der Waals surface area contributed by atoms with Crippen LogP contribution >= 0.6 is 0 Å².